The summed E-state index contributed by atoms with van der Waals surface area (Å²) < 4.78 is 17.7. The predicted molar refractivity (Wildman–Crippen MR) is 152 cm³/mol. The van der Waals surface area contributed by atoms with Gasteiger partial charge in [-0.1, -0.05) is 54.6 Å². The molecule has 0 saturated carbocycles. The lowest BCUT2D eigenvalue weighted by Gasteiger charge is -2.28. The maximum atomic E-state index is 12.9. The Hall–Kier alpha value is -4.34. The number of ether oxygens (including phenoxy) is 3. The second-order valence-electron chi connectivity index (χ2n) is 8.48. The van der Waals surface area contributed by atoms with E-state index in [1.54, 1.807) is 60.7 Å². The molecule has 3 rings (SSSR count). The minimum absolute atomic E-state index is 0.0863. The Morgan fingerprint density at radius 2 is 1.69 bits per heavy atom. The first kappa shape index (κ1) is 29.2. The average Bonchev–Trinajstić information content (AvgIpc) is 2.94. The number of rotatable bonds is 14. The second kappa shape index (κ2) is 15.8. The number of benzene rings is 3. The van der Waals surface area contributed by atoms with Crippen LogP contribution in [0, 0.1) is 0 Å². The molecule has 206 valence electrons. The molecule has 9 heteroatoms. The van der Waals surface area contributed by atoms with Crippen molar-refractivity contribution in [3.8, 4) is 5.75 Å². The largest absolute Gasteiger partial charge is 0.491 e. The van der Waals surface area contributed by atoms with Gasteiger partial charge in [-0.05, 0) is 56.2 Å². The number of aliphatic hydroxyl groups excluding tert-OH is 1. The summed E-state index contributed by atoms with van der Waals surface area (Å²) in [4.78, 5) is 25.3. The highest BCUT2D eigenvalue weighted by atomic mass is 16.6. The topological polar surface area (TPSA) is 132 Å². The number of aliphatic hydroxyl groups is 1. The number of nitrogens with one attached hydrogen (secondary N) is 2. The molecule has 0 unspecified atom stereocenters. The van der Waals surface area contributed by atoms with E-state index in [-0.39, 0.29) is 19.1 Å². The lowest BCUT2D eigenvalue weighted by molar-refractivity contribution is -0.111. The number of carbonyl (C=O) groups excluding carboxylic acids is 2. The third kappa shape index (κ3) is 9.48. The Balaban J connectivity index is 1.75. The Labute approximate surface area is 228 Å². The molecule has 2 atom stereocenters. The van der Waals surface area contributed by atoms with Gasteiger partial charge in [-0.3, -0.25) is 10.1 Å². The number of hydrogen-bond donors (Lipinski definition) is 4. The molecule has 0 aromatic heterocycles. The lowest BCUT2D eigenvalue weighted by atomic mass is 9.99. The predicted octanol–water partition coefficient (Wildman–Crippen LogP) is 5.31. The number of para-hydroxylation sites is 4. The fourth-order valence-electron chi connectivity index (χ4n) is 3.90. The van der Waals surface area contributed by atoms with Gasteiger partial charge in [0, 0.05) is 17.9 Å². The van der Waals surface area contributed by atoms with Crippen molar-refractivity contribution < 1.29 is 28.9 Å². The van der Waals surface area contributed by atoms with Crippen LogP contribution in [-0.2, 0) is 14.3 Å². The third-order valence-electron chi connectivity index (χ3n) is 5.65. The van der Waals surface area contributed by atoms with Crippen LogP contribution < -0.4 is 21.1 Å². The van der Waals surface area contributed by atoms with Gasteiger partial charge in [-0.2, -0.15) is 0 Å². The minimum atomic E-state index is -0.824. The van der Waals surface area contributed by atoms with Crippen molar-refractivity contribution in [2.75, 3.05) is 36.2 Å². The van der Waals surface area contributed by atoms with E-state index >= 15 is 0 Å². The van der Waals surface area contributed by atoms with Crippen LogP contribution in [0.15, 0.2) is 91.0 Å². The third-order valence-corrected chi connectivity index (χ3v) is 5.65. The van der Waals surface area contributed by atoms with Gasteiger partial charge >= 0.3 is 6.09 Å². The molecular weight excluding hydrogens is 498 g/mol. The number of nitrogen functional groups attached to an aromatic ring is 1. The van der Waals surface area contributed by atoms with Crippen LogP contribution in [0.2, 0.25) is 0 Å². The lowest BCUT2D eigenvalue weighted by Crippen LogP contribution is -2.29. The van der Waals surface area contributed by atoms with Crippen LogP contribution in [0.25, 0.3) is 0 Å². The summed E-state index contributed by atoms with van der Waals surface area (Å²) in [6.45, 7) is 2.16. The minimum Gasteiger partial charge on any atom is -0.491 e. The first-order valence-corrected chi connectivity index (χ1v) is 12.8. The molecule has 39 heavy (non-hydrogen) atoms. The molecule has 0 aliphatic carbocycles. The van der Waals surface area contributed by atoms with Crippen LogP contribution >= 0.6 is 0 Å². The maximum absolute atomic E-state index is 12.9. The molecule has 9 nitrogen and oxygen atoms in total. The number of amides is 2. The van der Waals surface area contributed by atoms with Gasteiger partial charge in [0.2, 0.25) is 5.91 Å². The monoisotopic (exact) mass is 533 g/mol. The molecule has 2 amide bonds. The van der Waals surface area contributed by atoms with E-state index < -0.39 is 18.3 Å². The summed E-state index contributed by atoms with van der Waals surface area (Å²) in [5, 5.41) is 14.8. The van der Waals surface area contributed by atoms with Crippen molar-refractivity contribution in [2.24, 2.45) is 0 Å². The van der Waals surface area contributed by atoms with Crippen molar-refractivity contribution in [1.82, 2.24) is 0 Å². The summed E-state index contributed by atoms with van der Waals surface area (Å²) in [6.07, 6.45) is 2.07. The van der Waals surface area contributed by atoms with Gasteiger partial charge in [-0.15, -0.1) is 0 Å². The van der Waals surface area contributed by atoms with Crippen LogP contribution in [0.4, 0.5) is 21.9 Å². The summed E-state index contributed by atoms with van der Waals surface area (Å²) in [7, 11) is 0. The summed E-state index contributed by atoms with van der Waals surface area (Å²) in [6, 6.07) is 23.2. The fourth-order valence-corrected chi connectivity index (χ4v) is 3.90. The van der Waals surface area contributed by atoms with Gasteiger partial charge in [-0.25, -0.2) is 4.79 Å². The maximum Gasteiger partial charge on any atom is 0.412 e. The highest BCUT2D eigenvalue weighted by Gasteiger charge is 2.30. The molecule has 0 saturated heterocycles. The molecule has 0 heterocycles. The van der Waals surface area contributed by atoms with E-state index in [2.05, 4.69) is 10.6 Å². The normalized spacial score (nSPS) is 12.5. The zero-order valence-electron chi connectivity index (χ0n) is 21.9. The van der Waals surface area contributed by atoms with Gasteiger partial charge in [0.15, 0.2) is 6.10 Å². The first-order valence-electron chi connectivity index (χ1n) is 12.8. The van der Waals surface area contributed by atoms with Crippen LogP contribution in [-0.4, -0.2) is 43.0 Å². The fraction of sp³-hybridized carbons (Fsp3) is 0.267. The van der Waals surface area contributed by atoms with E-state index in [9.17, 15) is 14.7 Å². The average molecular weight is 534 g/mol. The van der Waals surface area contributed by atoms with Crippen LogP contribution in [0.3, 0.4) is 0 Å². The molecule has 0 fully saturated rings. The number of nitrogens with two attached hydrogens (primary N) is 1. The number of anilines is 3. The molecule has 5 N–H and O–H groups in total. The Bertz CT molecular complexity index is 1220. The Morgan fingerprint density at radius 1 is 0.974 bits per heavy atom. The SMILES string of the molecule is CCO[C@@H](CC/C=C/C(=O)Nc1ccccc1N)[C@@H](OC(=O)Nc1ccccc1)c1ccccc1OCCO. The standard InChI is InChI=1S/C30H35N3O6/c1-2-37-27(18-10-11-19-28(35)33-25-16-8-7-15-24(25)31)29(23-14-6-9-17-26(23)38-21-20-34)39-30(36)32-22-12-4-3-5-13-22/h3-9,11-17,19,27,29,34H,2,10,18,20-21,31H2,1H3,(H,32,36)(H,33,35)/b19-11+/t27-,29-/m0/s1. The highest BCUT2D eigenvalue weighted by molar-refractivity contribution is 6.01. The van der Waals surface area contributed by atoms with E-state index in [0.29, 0.717) is 47.8 Å². The Morgan fingerprint density at radius 3 is 2.44 bits per heavy atom. The van der Waals surface area contributed by atoms with Crippen molar-refractivity contribution in [3.05, 3.63) is 96.6 Å². The highest BCUT2D eigenvalue weighted by Crippen LogP contribution is 2.34. The van der Waals surface area contributed by atoms with Gasteiger partial charge < -0.3 is 30.4 Å². The Kier molecular flexibility index (Phi) is 11.8. The quantitative estimate of drug-likeness (QED) is 0.163. The van der Waals surface area contributed by atoms with E-state index in [4.69, 9.17) is 19.9 Å². The summed E-state index contributed by atoms with van der Waals surface area (Å²) in [5.74, 6) is 0.169. The number of allylic oxidation sites excluding steroid dienone is 1. The summed E-state index contributed by atoms with van der Waals surface area (Å²) >= 11 is 0. The smallest absolute Gasteiger partial charge is 0.412 e. The zero-order valence-corrected chi connectivity index (χ0v) is 21.9. The van der Waals surface area contributed by atoms with Gasteiger partial charge in [0.05, 0.1) is 24.1 Å². The van der Waals surface area contributed by atoms with E-state index in [1.807, 2.05) is 31.2 Å². The number of carbonyl (C=O) groups is 2. The molecule has 0 aliphatic heterocycles. The molecule has 0 aliphatic rings. The molecule has 3 aromatic carbocycles. The number of hydrogen-bond acceptors (Lipinski definition) is 7. The van der Waals surface area contributed by atoms with Gasteiger partial charge in [0.25, 0.3) is 0 Å². The van der Waals surface area contributed by atoms with E-state index in [0.717, 1.165) is 0 Å². The van der Waals surface area contributed by atoms with Crippen molar-refractivity contribution >= 4 is 29.1 Å². The summed E-state index contributed by atoms with van der Waals surface area (Å²) in [5.41, 5.74) is 8.10. The second-order valence-corrected chi connectivity index (χ2v) is 8.48. The van der Waals surface area contributed by atoms with Crippen molar-refractivity contribution in [2.45, 2.75) is 32.0 Å². The molecule has 0 bridgehead atoms. The molecular formula is C30H35N3O6. The zero-order chi connectivity index (χ0) is 27.9. The molecule has 0 radical (unpaired) electrons. The van der Waals surface area contributed by atoms with E-state index in [1.165, 1.54) is 6.08 Å². The van der Waals surface area contributed by atoms with Gasteiger partial charge in [0.1, 0.15) is 12.4 Å². The first-order chi connectivity index (χ1) is 19.0. The van der Waals surface area contributed by atoms with Crippen LogP contribution in [0.1, 0.15) is 31.4 Å². The molecule has 3 aromatic rings. The van der Waals surface area contributed by atoms with Crippen molar-refractivity contribution in [3.63, 3.8) is 0 Å². The van der Waals surface area contributed by atoms with Crippen LogP contribution in [0.5, 0.6) is 5.75 Å². The van der Waals surface area contributed by atoms with Crippen molar-refractivity contribution in [1.29, 1.82) is 0 Å². The molecule has 0 spiro atoms.